The average Bonchev–Trinajstić information content (AvgIpc) is 2.58. The second-order valence-electron chi connectivity index (χ2n) is 6.76. The smallest absolute Gasteiger partial charge is 0.257 e. The summed E-state index contributed by atoms with van der Waals surface area (Å²) in [6.07, 6.45) is 1.00. The lowest BCUT2D eigenvalue weighted by Gasteiger charge is -2.12. The Morgan fingerprint density at radius 3 is 2.38 bits per heavy atom. The molecule has 2 N–H and O–H groups in total. The number of nitrogens with one attached hydrogen (secondary N) is 2. The monoisotopic (exact) mass is 370 g/mol. The third-order valence-corrected chi connectivity index (χ3v) is 4.28. The Balaban J connectivity index is 1.88. The zero-order valence-corrected chi connectivity index (χ0v) is 16.6. The first-order valence-corrected chi connectivity index (χ1v) is 9.18. The molecule has 0 saturated carbocycles. The lowest BCUT2D eigenvalue weighted by molar-refractivity contribution is 0.0977. The van der Waals surface area contributed by atoms with E-state index >= 15 is 0 Å². The number of benzene rings is 2. The first-order valence-electron chi connectivity index (χ1n) is 8.77. The molecule has 2 aromatic rings. The summed E-state index contributed by atoms with van der Waals surface area (Å²) in [5.74, 6) is 1.11. The molecule has 0 atom stereocenters. The number of hydrogen-bond donors (Lipinski definition) is 2. The van der Waals surface area contributed by atoms with Crippen molar-refractivity contribution >= 4 is 28.9 Å². The zero-order valence-electron chi connectivity index (χ0n) is 15.8. The number of hydrogen-bond acceptors (Lipinski definition) is 3. The molecule has 0 radical (unpaired) electrons. The molecule has 0 heterocycles. The van der Waals surface area contributed by atoms with Crippen LogP contribution in [0.25, 0.3) is 0 Å². The van der Waals surface area contributed by atoms with E-state index in [2.05, 4.69) is 31.4 Å². The van der Waals surface area contributed by atoms with E-state index in [-0.39, 0.29) is 11.0 Å². The quantitative estimate of drug-likeness (QED) is 0.713. The summed E-state index contributed by atoms with van der Waals surface area (Å²) >= 11 is 5.23. The molecule has 1 amide bonds. The molecule has 0 fully saturated rings. The second-order valence-corrected chi connectivity index (χ2v) is 7.17. The lowest BCUT2D eigenvalue weighted by atomic mass is 10.1. The average molecular weight is 371 g/mol. The third-order valence-electron chi connectivity index (χ3n) is 4.07. The molecule has 0 aliphatic carbocycles. The largest absolute Gasteiger partial charge is 0.494 e. The molecule has 0 spiro atoms. The maximum atomic E-state index is 12.3. The summed E-state index contributed by atoms with van der Waals surface area (Å²) in [5, 5.41) is 6.01. The molecule has 26 heavy (non-hydrogen) atoms. The summed E-state index contributed by atoms with van der Waals surface area (Å²) in [7, 11) is 0. The van der Waals surface area contributed by atoms with Gasteiger partial charge in [0.15, 0.2) is 5.11 Å². The maximum Gasteiger partial charge on any atom is 0.257 e. The molecule has 0 saturated heterocycles. The molecule has 5 heteroatoms. The number of ether oxygens (including phenoxy) is 1. The third kappa shape index (κ3) is 6.15. The first kappa shape index (κ1) is 19.9. The Morgan fingerprint density at radius 2 is 1.77 bits per heavy atom. The van der Waals surface area contributed by atoms with Crippen LogP contribution < -0.4 is 15.4 Å². The van der Waals surface area contributed by atoms with Crippen molar-refractivity contribution in [1.29, 1.82) is 0 Å². The van der Waals surface area contributed by atoms with Crippen LogP contribution in [0.3, 0.4) is 0 Å². The van der Waals surface area contributed by atoms with Crippen LogP contribution >= 0.6 is 12.2 Å². The molecule has 2 rings (SSSR count). The maximum absolute atomic E-state index is 12.3. The van der Waals surface area contributed by atoms with Crippen LogP contribution in [0.1, 0.15) is 41.8 Å². The van der Waals surface area contributed by atoms with Crippen molar-refractivity contribution < 1.29 is 9.53 Å². The van der Waals surface area contributed by atoms with Crippen molar-refractivity contribution in [2.75, 3.05) is 11.9 Å². The fraction of sp³-hybridized carbons (Fsp3) is 0.333. The fourth-order valence-electron chi connectivity index (χ4n) is 2.27. The van der Waals surface area contributed by atoms with E-state index in [1.165, 1.54) is 5.56 Å². The van der Waals surface area contributed by atoms with E-state index in [0.29, 0.717) is 18.1 Å². The van der Waals surface area contributed by atoms with Gasteiger partial charge >= 0.3 is 0 Å². The van der Waals surface area contributed by atoms with Crippen LogP contribution in [-0.4, -0.2) is 17.6 Å². The van der Waals surface area contributed by atoms with Crippen LogP contribution in [0.4, 0.5) is 5.69 Å². The predicted molar refractivity (Wildman–Crippen MR) is 111 cm³/mol. The SMILES string of the molecule is Cc1ccc(NC(=S)NC(=O)c2ccc(OCCC(C)C)cc2)cc1C. The Hall–Kier alpha value is -2.40. The van der Waals surface area contributed by atoms with E-state index in [9.17, 15) is 4.79 Å². The summed E-state index contributed by atoms with van der Waals surface area (Å²) in [6, 6.07) is 13.0. The molecule has 0 aliphatic heterocycles. The molecule has 138 valence electrons. The van der Waals surface area contributed by atoms with Crippen molar-refractivity contribution in [3.63, 3.8) is 0 Å². The van der Waals surface area contributed by atoms with Crippen molar-refractivity contribution in [3.05, 3.63) is 59.2 Å². The van der Waals surface area contributed by atoms with Gasteiger partial charge in [-0.3, -0.25) is 10.1 Å². The molecule has 0 aliphatic rings. The molecule has 4 nitrogen and oxygen atoms in total. The number of aryl methyl sites for hydroxylation is 2. The van der Waals surface area contributed by atoms with Crippen molar-refractivity contribution in [3.8, 4) is 5.75 Å². The van der Waals surface area contributed by atoms with Crippen molar-refractivity contribution in [1.82, 2.24) is 5.32 Å². The minimum atomic E-state index is -0.250. The highest BCUT2D eigenvalue weighted by molar-refractivity contribution is 7.80. The number of rotatable bonds is 6. The van der Waals surface area contributed by atoms with Gasteiger partial charge in [-0.25, -0.2) is 0 Å². The number of thiocarbonyl (C=S) groups is 1. The van der Waals surface area contributed by atoms with Crippen LogP contribution in [0.2, 0.25) is 0 Å². The van der Waals surface area contributed by atoms with Gasteiger partial charge in [-0.15, -0.1) is 0 Å². The topological polar surface area (TPSA) is 50.4 Å². The van der Waals surface area contributed by atoms with Crippen molar-refractivity contribution in [2.45, 2.75) is 34.1 Å². The van der Waals surface area contributed by atoms with Gasteiger partial charge in [-0.05, 0) is 85.9 Å². The zero-order chi connectivity index (χ0) is 19.1. The normalized spacial score (nSPS) is 10.5. The summed E-state index contributed by atoms with van der Waals surface area (Å²) in [5.41, 5.74) is 3.76. The highest BCUT2D eigenvalue weighted by atomic mass is 32.1. The van der Waals surface area contributed by atoms with Crippen molar-refractivity contribution in [2.24, 2.45) is 5.92 Å². The number of amides is 1. The predicted octanol–water partition coefficient (Wildman–Crippen LogP) is 4.86. The van der Waals surface area contributed by atoms with Gasteiger partial charge in [0, 0.05) is 11.3 Å². The Labute approximate surface area is 161 Å². The Morgan fingerprint density at radius 1 is 1.08 bits per heavy atom. The van der Waals surface area contributed by atoms with Crippen LogP contribution in [-0.2, 0) is 0 Å². The molecular formula is C21H26N2O2S. The fourth-order valence-corrected chi connectivity index (χ4v) is 2.48. The Kier molecular flexibility index (Phi) is 7.16. The van der Waals surface area contributed by atoms with Crippen LogP contribution in [0.15, 0.2) is 42.5 Å². The summed E-state index contributed by atoms with van der Waals surface area (Å²) in [6.45, 7) is 9.08. The van der Waals surface area contributed by atoms with E-state index in [4.69, 9.17) is 17.0 Å². The number of carbonyl (C=O) groups is 1. The number of anilines is 1. The standard InChI is InChI=1S/C21H26N2O2S/c1-14(2)11-12-25-19-9-6-17(7-10-19)20(24)23-21(26)22-18-8-5-15(3)16(4)13-18/h5-10,13-14H,11-12H2,1-4H3,(H2,22,23,24,26). The summed E-state index contributed by atoms with van der Waals surface area (Å²) in [4.78, 5) is 12.3. The van der Waals surface area contributed by atoms with E-state index < -0.39 is 0 Å². The van der Waals surface area contributed by atoms with Gasteiger partial charge in [-0.2, -0.15) is 0 Å². The van der Waals surface area contributed by atoms with Gasteiger partial charge in [0.1, 0.15) is 5.75 Å². The molecule has 2 aromatic carbocycles. The van der Waals surface area contributed by atoms with Gasteiger partial charge in [0.05, 0.1) is 6.61 Å². The molecule has 0 bridgehead atoms. The van der Waals surface area contributed by atoms with E-state index in [1.807, 2.05) is 25.1 Å². The van der Waals surface area contributed by atoms with Gasteiger partial charge < -0.3 is 10.1 Å². The lowest BCUT2D eigenvalue weighted by Crippen LogP contribution is -2.34. The van der Waals surface area contributed by atoms with Crippen LogP contribution in [0.5, 0.6) is 5.75 Å². The molecular weight excluding hydrogens is 344 g/mol. The first-order chi connectivity index (χ1) is 12.3. The van der Waals surface area contributed by atoms with Gasteiger partial charge in [0.2, 0.25) is 0 Å². The molecule has 0 unspecified atom stereocenters. The number of carbonyl (C=O) groups excluding carboxylic acids is 1. The highest BCUT2D eigenvalue weighted by Gasteiger charge is 2.09. The van der Waals surface area contributed by atoms with Crippen LogP contribution in [0, 0.1) is 19.8 Å². The minimum Gasteiger partial charge on any atom is -0.494 e. The molecule has 0 aromatic heterocycles. The summed E-state index contributed by atoms with van der Waals surface area (Å²) < 4.78 is 5.66. The van der Waals surface area contributed by atoms with Gasteiger partial charge in [0.25, 0.3) is 5.91 Å². The Bertz CT molecular complexity index is 770. The highest BCUT2D eigenvalue weighted by Crippen LogP contribution is 2.15. The van der Waals surface area contributed by atoms with Gasteiger partial charge in [-0.1, -0.05) is 19.9 Å². The minimum absolute atomic E-state index is 0.250. The van der Waals surface area contributed by atoms with E-state index in [1.54, 1.807) is 24.3 Å². The van der Waals surface area contributed by atoms with E-state index in [0.717, 1.165) is 23.4 Å². The second kappa shape index (κ2) is 9.34.